The van der Waals surface area contributed by atoms with Gasteiger partial charge < -0.3 is 0 Å². The highest BCUT2D eigenvalue weighted by Crippen LogP contribution is 2.03. The molecule has 3 heteroatoms. The van der Waals surface area contributed by atoms with E-state index in [2.05, 4.69) is 18.8 Å². The second-order valence-electron chi connectivity index (χ2n) is 1.91. The van der Waals surface area contributed by atoms with Crippen LogP contribution < -0.4 is 0 Å². The van der Waals surface area contributed by atoms with Crippen LogP contribution in [0.3, 0.4) is 0 Å². The van der Waals surface area contributed by atoms with E-state index in [0.29, 0.717) is 0 Å². The molecule has 0 bridgehead atoms. The van der Waals surface area contributed by atoms with E-state index in [4.69, 9.17) is 0 Å². The molecule has 0 aromatic heterocycles. The van der Waals surface area contributed by atoms with Crippen molar-refractivity contribution in [3.8, 4) is 11.8 Å². The van der Waals surface area contributed by atoms with E-state index >= 15 is 0 Å². The maximum absolute atomic E-state index is 10.3. The lowest BCUT2D eigenvalue weighted by molar-refractivity contribution is 0.602. The summed E-state index contributed by atoms with van der Waals surface area (Å²) in [4.78, 5) is 0. The minimum absolute atomic E-state index is 1.11. The van der Waals surface area contributed by atoms with Gasteiger partial charge in [0, 0.05) is 0 Å². The second-order valence-corrected chi connectivity index (χ2v) is 3.41. The zero-order chi connectivity index (χ0) is 7.49. The monoisotopic (exact) mass is 145 g/mol. The van der Waals surface area contributed by atoms with Crippen molar-refractivity contribution in [1.82, 2.24) is 0 Å². The fourth-order valence-corrected chi connectivity index (χ4v) is 0.518. The van der Waals surface area contributed by atoms with Crippen molar-refractivity contribution in [2.75, 3.05) is 0 Å². The number of rotatable bonds is 1. The number of thiol groups is 1. The van der Waals surface area contributed by atoms with E-state index in [0.717, 1.165) is 0 Å². The van der Waals surface area contributed by atoms with Crippen molar-refractivity contribution in [2.24, 2.45) is 0 Å². The molecule has 0 amide bonds. The molecule has 0 N–H and O–H groups in total. The normalized spacial score (nSPS) is 10.7. The third-order valence-electron chi connectivity index (χ3n) is 0.797. The van der Waals surface area contributed by atoms with E-state index < -0.39 is 15.5 Å². The lowest BCUT2D eigenvalue weighted by atomic mass is 10.2. The van der Waals surface area contributed by atoms with Gasteiger partial charge in [-0.25, -0.2) is 8.42 Å². The highest BCUT2D eigenvalue weighted by molar-refractivity contribution is 7.74. The molecule has 0 aromatic rings. The van der Waals surface area contributed by atoms with Gasteiger partial charge in [0.05, 0.1) is 0 Å². The Kier molecular flexibility index (Phi) is 2.72. The van der Waals surface area contributed by atoms with E-state index in [-0.39, 0.29) is 0 Å². The van der Waals surface area contributed by atoms with Crippen LogP contribution in [0.25, 0.3) is 0 Å². The Labute approximate surface area is 57.2 Å². The van der Waals surface area contributed by atoms with E-state index in [1.807, 2.05) is 0 Å². The first-order chi connectivity index (χ1) is 4.00. The van der Waals surface area contributed by atoms with Crippen molar-refractivity contribution < 1.29 is 8.42 Å². The van der Waals surface area contributed by atoms with E-state index in [9.17, 15) is 8.42 Å². The highest BCUT2D eigenvalue weighted by atomic mass is 32.2. The fraction of sp³-hybridized carbons (Fsp3) is 0.500. The van der Waals surface area contributed by atoms with Crippen LogP contribution in [-0.2, 0) is 10.7 Å². The van der Waals surface area contributed by atoms with Gasteiger partial charge in [0.25, 0.3) is 0 Å². The molecule has 0 aromatic carbocycles. The Balaban J connectivity index is 4.52. The van der Waals surface area contributed by atoms with Crippen LogP contribution in [0.1, 0.15) is 13.8 Å². The molecule has 0 spiro atoms. The molecule has 1 unspecified atom stereocenters. The zero-order valence-electron chi connectivity index (χ0n) is 5.47. The molecule has 0 rings (SSSR count). The average molecular weight is 145 g/mol. The Morgan fingerprint density at radius 2 is 2.00 bits per heavy atom. The van der Waals surface area contributed by atoms with Gasteiger partial charge in [0.2, 0.25) is 0 Å². The van der Waals surface area contributed by atoms with Gasteiger partial charge in [0.15, 0.2) is 10.7 Å². The van der Waals surface area contributed by atoms with Crippen molar-refractivity contribution in [3.05, 3.63) is 6.92 Å². The number of hydrogen-bond acceptors (Lipinski definition) is 2. The molecule has 9 heavy (non-hydrogen) atoms. The summed E-state index contributed by atoms with van der Waals surface area (Å²) in [5, 5.41) is 0. The SMILES string of the molecule is [CH2]C(C)(C#CC)[SH](=O)=O. The molecule has 51 valence electrons. The summed E-state index contributed by atoms with van der Waals surface area (Å²) in [7, 11) is -2.53. The predicted octanol–water partition coefficient (Wildman–Crippen LogP) is 0.214. The summed E-state index contributed by atoms with van der Waals surface area (Å²) in [6.45, 7) is 6.44. The molecule has 0 heterocycles. The van der Waals surface area contributed by atoms with Crippen LogP contribution in [-0.4, -0.2) is 13.2 Å². The summed E-state index contributed by atoms with van der Waals surface area (Å²) in [5.74, 6) is 4.96. The smallest absolute Gasteiger partial charge is 0.156 e. The predicted molar refractivity (Wildman–Crippen MR) is 37.5 cm³/mol. The van der Waals surface area contributed by atoms with Gasteiger partial charge in [-0.15, -0.1) is 5.92 Å². The summed E-state index contributed by atoms with van der Waals surface area (Å²) in [6, 6.07) is 0. The van der Waals surface area contributed by atoms with E-state index in [1.165, 1.54) is 6.92 Å². The third kappa shape index (κ3) is 2.52. The van der Waals surface area contributed by atoms with Gasteiger partial charge in [0.1, 0.15) is 4.75 Å². The molecule has 1 atom stereocenters. The minimum Gasteiger partial charge on any atom is -0.230 e. The van der Waals surface area contributed by atoms with Gasteiger partial charge >= 0.3 is 0 Å². The first kappa shape index (κ1) is 8.51. The molecule has 2 nitrogen and oxygen atoms in total. The van der Waals surface area contributed by atoms with Gasteiger partial charge in [-0.2, -0.15) is 0 Å². The Morgan fingerprint density at radius 1 is 1.56 bits per heavy atom. The lowest BCUT2D eigenvalue weighted by Gasteiger charge is -2.04. The summed E-state index contributed by atoms with van der Waals surface area (Å²) in [5.41, 5.74) is 0. The maximum Gasteiger partial charge on any atom is 0.156 e. The molecular formula is C6H9O2S. The summed E-state index contributed by atoms with van der Waals surface area (Å²) < 4.78 is 19.5. The van der Waals surface area contributed by atoms with Crippen molar-refractivity contribution in [1.29, 1.82) is 0 Å². The van der Waals surface area contributed by atoms with Gasteiger partial charge in [-0.3, -0.25) is 0 Å². The summed E-state index contributed by atoms with van der Waals surface area (Å²) >= 11 is 0. The van der Waals surface area contributed by atoms with Crippen LogP contribution in [0.4, 0.5) is 0 Å². The molecule has 0 aliphatic carbocycles. The fourth-order valence-electron chi connectivity index (χ4n) is 0.315. The van der Waals surface area contributed by atoms with Crippen LogP contribution in [0, 0.1) is 18.8 Å². The molecule has 0 fully saturated rings. The standard InChI is InChI=1S/C6H9O2S/c1-4-5-6(2,3)9(7)8/h9H,2H2,1,3H3. The summed E-state index contributed by atoms with van der Waals surface area (Å²) in [6.07, 6.45) is 0. The maximum atomic E-state index is 10.3. The molecular weight excluding hydrogens is 136 g/mol. The van der Waals surface area contributed by atoms with Crippen LogP contribution in [0.15, 0.2) is 0 Å². The molecule has 0 saturated heterocycles. The Morgan fingerprint density at radius 3 is 2.11 bits per heavy atom. The van der Waals surface area contributed by atoms with Crippen LogP contribution in [0.5, 0.6) is 0 Å². The Bertz CT molecular complexity index is 207. The largest absolute Gasteiger partial charge is 0.230 e. The third-order valence-corrected chi connectivity index (χ3v) is 1.71. The van der Waals surface area contributed by atoms with Crippen molar-refractivity contribution in [2.45, 2.75) is 18.6 Å². The number of hydrogen-bond donors (Lipinski definition) is 1. The molecule has 0 saturated carbocycles. The van der Waals surface area contributed by atoms with Crippen molar-refractivity contribution >= 4 is 10.7 Å². The van der Waals surface area contributed by atoms with Crippen LogP contribution in [0.2, 0.25) is 0 Å². The van der Waals surface area contributed by atoms with Gasteiger partial charge in [-0.05, 0) is 20.8 Å². The Hall–Kier alpha value is -0.490. The van der Waals surface area contributed by atoms with Crippen molar-refractivity contribution in [3.63, 3.8) is 0 Å². The molecule has 0 aliphatic rings. The second kappa shape index (κ2) is 2.88. The lowest BCUT2D eigenvalue weighted by Crippen LogP contribution is -2.18. The zero-order valence-corrected chi connectivity index (χ0v) is 6.37. The highest BCUT2D eigenvalue weighted by Gasteiger charge is 2.16. The molecule has 0 aliphatic heterocycles. The van der Waals surface area contributed by atoms with E-state index in [1.54, 1.807) is 6.92 Å². The molecule has 1 radical (unpaired) electrons. The quantitative estimate of drug-likeness (QED) is 0.423. The minimum atomic E-state index is -2.53. The van der Waals surface area contributed by atoms with Crippen LogP contribution >= 0.6 is 0 Å². The average Bonchev–Trinajstić information content (AvgIpc) is 1.65. The first-order valence-corrected chi connectivity index (χ1v) is 3.62. The topological polar surface area (TPSA) is 34.1 Å². The van der Waals surface area contributed by atoms with Gasteiger partial charge in [-0.1, -0.05) is 5.92 Å². The first-order valence-electron chi connectivity index (χ1n) is 2.44.